The molecule has 2 aromatic carbocycles. The Bertz CT molecular complexity index is 979. The zero-order valence-corrected chi connectivity index (χ0v) is 11.1. The molecule has 7 nitrogen and oxygen atoms in total. The fraction of sp³-hybridized carbons (Fsp3) is 0. The minimum absolute atomic E-state index is 0.000370. The lowest BCUT2D eigenvalue weighted by molar-refractivity contribution is -0.392. The molecule has 0 unspecified atom stereocenters. The highest BCUT2D eigenvalue weighted by atomic mass is 32.1. The summed E-state index contributed by atoms with van der Waals surface area (Å²) in [6.07, 6.45) is 0. The van der Waals surface area contributed by atoms with Crippen LogP contribution in [-0.4, -0.2) is 9.85 Å². The first-order chi connectivity index (χ1) is 9.99. The number of nitrogens with zero attached hydrogens (tertiary/aromatic N) is 2. The summed E-state index contributed by atoms with van der Waals surface area (Å²) in [6, 6.07) is 8.65. The molecule has 21 heavy (non-hydrogen) atoms. The van der Waals surface area contributed by atoms with Crippen molar-refractivity contribution in [3.8, 4) is 0 Å². The third kappa shape index (κ3) is 2.01. The van der Waals surface area contributed by atoms with Crippen LogP contribution in [0.25, 0.3) is 20.2 Å². The summed E-state index contributed by atoms with van der Waals surface area (Å²) in [7, 11) is 0. The topological polar surface area (TPSA) is 103 Å². The van der Waals surface area contributed by atoms with Crippen molar-refractivity contribution < 1.29 is 9.85 Å². The Labute approximate surface area is 120 Å². The molecule has 1 heterocycles. The van der Waals surface area contributed by atoms with Crippen LogP contribution >= 0.6 is 11.3 Å². The van der Waals surface area contributed by atoms with E-state index in [9.17, 15) is 25.0 Å². The van der Waals surface area contributed by atoms with Gasteiger partial charge in [0.15, 0.2) is 5.43 Å². The second-order valence-corrected chi connectivity index (χ2v) is 5.34. The first-order valence-electron chi connectivity index (χ1n) is 5.77. The zero-order valence-electron chi connectivity index (χ0n) is 10.3. The van der Waals surface area contributed by atoms with Crippen LogP contribution in [0.5, 0.6) is 0 Å². The number of rotatable bonds is 2. The molecule has 0 atom stereocenters. The monoisotopic (exact) mass is 302 g/mol. The number of hydrogen-bond donors (Lipinski definition) is 0. The Morgan fingerprint density at radius 3 is 2.33 bits per heavy atom. The zero-order chi connectivity index (χ0) is 15.1. The molecule has 1 aromatic heterocycles. The third-order valence-electron chi connectivity index (χ3n) is 3.05. The summed E-state index contributed by atoms with van der Waals surface area (Å²) in [5.41, 5.74) is -1.33. The molecule has 0 spiro atoms. The van der Waals surface area contributed by atoms with Gasteiger partial charge in [-0.05, 0) is 12.1 Å². The van der Waals surface area contributed by atoms with Gasteiger partial charge in [-0.2, -0.15) is 0 Å². The van der Waals surface area contributed by atoms with Crippen molar-refractivity contribution in [3.63, 3.8) is 0 Å². The highest BCUT2D eigenvalue weighted by Gasteiger charge is 2.22. The van der Waals surface area contributed by atoms with Crippen LogP contribution in [-0.2, 0) is 0 Å². The van der Waals surface area contributed by atoms with Gasteiger partial charge in [0, 0.05) is 16.2 Å². The maximum absolute atomic E-state index is 12.4. The number of fused-ring (bicyclic) bond motifs is 2. The number of nitro benzene ring substituents is 2. The van der Waals surface area contributed by atoms with Crippen molar-refractivity contribution in [2.75, 3.05) is 0 Å². The molecule has 8 heteroatoms. The molecule has 0 amide bonds. The second-order valence-electron chi connectivity index (χ2n) is 4.28. The molecule has 0 aliphatic heterocycles. The third-order valence-corrected chi connectivity index (χ3v) is 4.26. The van der Waals surface area contributed by atoms with Gasteiger partial charge in [-0.25, -0.2) is 0 Å². The maximum atomic E-state index is 12.4. The van der Waals surface area contributed by atoms with Crippen LogP contribution in [0.15, 0.2) is 41.2 Å². The van der Waals surface area contributed by atoms with E-state index in [4.69, 9.17) is 0 Å². The highest BCUT2D eigenvalue weighted by Crippen LogP contribution is 2.34. The van der Waals surface area contributed by atoms with Gasteiger partial charge in [-0.15, -0.1) is 11.3 Å². The van der Waals surface area contributed by atoms with Crippen LogP contribution in [0.3, 0.4) is 0 Å². The van der Waals surface area contributed by atoms with Crippen molar-refractivity contribution >= 4 is 42.9 Å². The smallest absolute Gasteiger partial charge is 0.288 e. The summed E-state index contributed by atoms with van der Waals surface area (Å²) in [6.45, 7) is 0. The number of hydrogen-bond acceptors (Lipinski definition) is 6. The van der Waals surface area contributed by atoms with Crippen molar-refractivity contribution in [1.29, 1.82) is 0 Å². The summed E-state index contributed by atoms with van der Waals surface area (Å²) in [5.74, 6) is 0. The summed E-state index contributed by atoms with van der Waals surface area (Å²) in [4.78, 5) is 32.9. The Morgan fingerprint density at radius 2 is 1.67 bits per heavy atom. The SMILES string of the molecule is O=c1c2ccccc2sc2c([N+](=O)[O-])cc([N+](=O)[O-])cc12. The Hall–Kier alpha value is -2.87. The van der Waals surface area contributed by atoms with Gasteiger partial charge in [-0.3, -0.25) is 25.0 Å². The molecule has 0 saturated heterocycles. The Balaban J connectivity index is 2.58. The molecule has 3 rings (SSSR count). The normalized spacial score (nSPS) is 10.9. The van der Waals surface area contributed by atoms with Crippen LogP contribution in [0.4, 0.5) is 11.4 Å². The molecule has 3 aromatic rings. The predicted octanol–water partition coefficient (Wildman–Crippen LogP) is 3.23. The van der Waals surface area contributed by atoms with Gasteiger partial charge in [0.2, 0.25) is 0 Å². The summed E-state index contributed by atoms with van der Waals surface area (Å²) >= 11 is 1.08. The predicted molar refractivity (Wildman–Crippen MR) is 78.9 cm³/mol. The van der Waals surface area contributed by atoms with Gasteiger partial charge in [0.1, 0.15) is 4.70 Å². The van der Waals surface area contributed by atoms with Crippen molar-refractivity contribution in [1.82, 2.24) is 0 Å². The first kappa shape index (κ1) is 13.1. The summed E-state index contributed by atoms with van der Waals surface area (Å²) < 4.78 is 0.751. The molecule has 0 radical (unpaired) electrons. The fourth-order valence-electron chi connectivity index (χ4n) is 2.11. The number of non-ortho nitro benzene ring substituents is 2. The first-order valence-corrected chi connectivity index (χ1v) is 6.59. The van der Waals surface area contributed by atoms with Crippen LogP contribution in [0.2, 0.25) is 0 Å². The lowest BCUT2D eigenvalue weighted by Crippen LogP contribution is -2.03. The number of benzene rings is 2. The van der Waals surface area contributed by atoms with E-state index in [1.165, 1.54) is 0 Å². The minimum Gasteiger partial charge on any atom is -0.288 e. The highest BCUT2D eigenvalue weighted by molar-refractivity contribution is 7.25. The van der Waals surface area contributed by atoms with E-state index in [2.05, 4.69) is 0 Å². The van der Waals surface area contributed by atoms with Crippen LogP contribution < -0.4 is 5.43 Å². The van der Waals surface area contributed by atoms with E-state index in [1.54, 1.807) is 24.3 Å². The average molecular weight is 302 g/mol. The Kier molecular flexibility index (Phi) is 2.88. The van der Waals surface area contributed by atoms with E-state index < -0.39 is 26.7 Å². The van der Waals surface area contributed by atoms with Crippen LogP contribution in [0.1, 0.15) is 0 Å². The molecule has 0 N–H and O–H groups in total. The van der Waals surface area contributed by atoms with Gasteiger partial charge < -0.3 is 0 Å². The van der Waals surface area contributed by atoms with E-state index in [1.807, 2.05) is 0 Å². The van der Waals surface area contributed by atoms with Gasteiger partial charge in [0.25, 0.3) is 11.4 Å². The van der Waals surface area contributed by atoms with Gasteiger partial charge in [-0.1, -0.05) is 12.1 Å². The van der Waals surface area contributed by atoms with Gasteiger partial charge in [0.05, 0.1) is 21.3 Å². The maximum Gasteiger partial charge on any atom is 0.294 e. The van der Waals surface area contributed by atoms with E-state index >= 15 is 0 Å². The van der Waals surface area contributed by atoms with Gasteiger partial charge >= 0.3 is 0 Å². The molecular formula is C13H6N2O5S. The fourth-order valence-corrected chi connectivity index (χ4v) is 3.25. The quantitative estimate of drug-likeness (QED) is 0.410. The summed E-state index contributed by atoms with van der Waals surface area (Å²) in [5, 5.41) is 22.4. The molecule has 0 bridgehead atoms. The number of nitro groups is 2. The molecule has 0 aliphatic rings. The Morgan fingerprint density at radius 1 is 0.952 bits per heavy atom. The largest absolute Gasteiger partial charge is 0.294 e. The second kappa shape index (κ2) is 4.60. The van der Waals surface area contributed by atoms with Crippen molar-refractivity contribution in [2.45, 2.75) is 0 Å². The molecule has 0 aliphatic carbocycles. The van der Waals surface area contributed by atoms with Crippen molar-refractivity contribution in [2.24, 2.45) is 0 Å². The van der Waals surface area contributed by atoms with E-state index in [0.717, 1.165) is 23.5 Å². The van der Waals surface area contributed by atoms with Crippen LogP contribution in [0, 0.1) is 20.2 Å². The van der Waals surface area contributed by atoms with E-state index in [-0.39, 0.29) is 10.1 Å². The molecule has 0 saturated carbocycles. The molecular weight excluding hydrogens is 296 g/mol. The van der Waals surface area contributed by atoms with E-state index in [0.29, 0.717) is 10.1 Å². The average Bonchev–Trinajstić information content (AvgIpc) is 2.46. The lowest BCUT2D eigenvalue weighted by atomic mass is 10.1. The van der Waals surface area contributed by atoms with Crippen molar-refractivity contribution in [3.05, 3.63) is 66.9 Å². The molecule has 104 valence electrons. The molecule has 0 fully saturated rings. The lowest BCUT2D eigenvalue weighted by Gasteiger charge is -2.02. The minimum atomic E-state index is -0.744. The standard InChI is InChI=1S/C13H6N2O5S/c16-12-8-3-1-2-4-11(8)21-13-9(12)5-7(14(17)18)6-10(13)15(19)20/h1-6H.